The number of pyridine rings is 1. The number of nitrogens with zero attached hydrogens (tertiary/aromatic N) is 2. The minimum atomic E-state index is -4.44. The molecule has 0 fully saturated rings. The maximum Gasteiger partial charge on any atom is 0.422 e. The smallest absolute Gasteiger partial charge is 0.422 e. The molecule has 0 radical (unpaired) electrons. The van der Waals surface area contributed by atoms with Gasteiger partial charge < -0.3 is 19.7 Å². The molecule has 1 aromatic heterocycles. The molecule has 9 heteroatoms. The van der Waals surface area contributed by atoms with Gasteiger partial charge in [-0.2, -0.15) is 13.2 Å². The second kappa shape index (κ2) is 9.93. The van der Waals surface area contributed by atoms with E-state index in [4.69, 9.17) is 4.74 Å². The van der Waals surface area contributed by atoms with E-state index in [1.165, 1.54) is 18.3 Å². The average Bonchev–Trinajstić information content (AvgIpc) is 2.65. The Kier molecular flexibility index (Phi) is 7.62. The Bertz CT molecular complexity index is 748. The fourth-order valence-electron chi connectivity index (χ4n) is 2.09. The zero-order valence-electron chi connectivity index (χ0n) is 15.6. The summed E-state index contributed by atoms with van der Waals surface area (Å²) in [4.78, 5) is 17.8. The summed E-state index contributed by atoms with van der Waals surface area (Å²) in [5.74, 6) is 0.162. The Morgan fingerprint density at radius 2 is 1.82 bits per heavy atom. The van der Waals surface area contributed by atoms with E-state index in [1.54, 1.807) is 0 Å². The molecule has 6 nitrogen and oxygen atoms in total. The molecule has 1 aromatic carbocycles. The summed E-state index contributed by atoms with van der Waals surface area (Å²) < 4.78 is 46.4. The number of halogens is 3. The highest BCUT2D eigenvalue weighted by molar-refractivity contribution is 5.93. The van der Waals surface area contributed by atoms with Crippen molar-refractivity contribution < 1.29 is 27.4 Å². The van der Waals surface area contributed by atoms with Crippen LogP contribution in [0.15, 0.2) is 42.6 Å². The van der Waals surface area contributed by atoms with Crippen molar-refractivity contribution in [3.8, 4) is 11.6 Å². The highest BCUT2D eigenvalue weighted by Crippen LogP contribution is 2.17. The number of ether oxygens (including phenoxy) is 2. The largest absolute Gasteiger partial charge is 0.492 e. The van der Waals surface area contributed by atoms with Gasteiger partial charge in [-0.3, -0.25) is 4.79 Å². The Morgan fingerprint density at radius 3 is 2.39 bits per heavy atom. The first-order valence-electron chi connectivity index (χ1n) is 8.53. The molecule has 2 rings (SSSR count). The summed E-state index contributed by atoms with van der Waals surface area (Å²) in [6, 6.07) is 9.92. The van der Waals surface area contributed by atoms with E-state index in [0.717, 1.165) is 17.9 Å². The predicted molar refractivity (Wildman–Crippen MR) is 97.4 cm³/mol. The molecule has 152 valence electrons. The zero-order valence-corrected chi connectivity index (χ0v) is 15.6. The van der Waals surface area contributed by atoms with Gasteiger partial charge in [0.1, 0.15) is 12.4 Å². The van der Waals surface area contributed by atoms with Crippen LogP contribution >= 0.6 is 0 Å². The van der Waals surface area contributed by atoms with Crippen LogP contribution in [0, 0.1) is 0 Å². The first-order chi connectivity index (χ1) is 13.2. The number of likely N-dealkylation sites (N-methyl/N-ethyl adjacent to an activating group) is 1. The van der Waals surface area contributed by atoms with Crippen LogP contribution in [0.2, 0.25) is 0 Å². The third kappa shape index (κ3) is 7.83. The lowest BCUT2D eigenvalue weighted by atomic mass is 10.2. The molecule has 0 atom stereocenters. The molecule has 0 saturated heterocycles. The van der Waals surface area contributed by atoms with E-state index >= 15 is 0 Å². The number of aromatic nitrogens is 1. The summed E-state index contributed by atoms with van der Waals surface area (Å²) in [6.45, 7) is 0.258. The second-order valence-electron chi connectivity index (χ2n) is 6.27. The molecule has 0 bridgehead atoms. The summed E-state index contributed by atoms with van der Waals surface area (Å²) in [5, 5.41) is 2.72. The number of rotatable bonds is 9. The Morgan fingerprint density at radius 1 is 1.11 bits per heavy atom. The van der Waals surface area contributed by atoms with Crippen molar-refractivity contribution in [1.82, 2.24) is 15.2 Å². The van der Waals surface area contributed by atoms with Gasteiger partial charge in [0.15, 0.2) is 6.61 Å². The number of amides is 1. The lowest BCUT2D eigenvalue weighted by molar-refractivity contribution is -0.154. The van der Waals surface area contributed by atoms with Crippen molar-refractivity contribution in [2.45, 2.75) is 12.7 Å². The first-order valence-corrected chi connectivity index (χ1v) is 8.53. The summed E-state index contributed by atoms with van der Waals surface area (Å²) >= 11 is 0. The fourth-order valence-corrected chi connectivity index (χ4v) is 2.09. The standard InChI is InChI=1S/C19H22F3N3O3/c1-25(2)9-10-27-16-6-3-14(4-7-16)11-24-18(26)15-5-8-17(23-12-15)28-13-19(20,21)22/h3-8,12H,9-11,13H2,1-2H3,(H,24,26). The van der Waals surface area contributed by atoms with Crippen molar-refractivity contribution in [2.75, 3.05) is 33.9 Å². The zero-order chi connectivity index (χ0) is 20.6. The minimum Gasteiger partial charge on any atom is -0.492 e. The quantitative estimate of drug-likeness (QED) is 0.705. The van der Waals surface area contributed by atoms with Gasteiger partial charge in [-0.15, -0.1) is 0 Å². The normalized spacial score (nSPS) is 11.4. The lowest BCUT2D eigenvalue weighted by Crippen LogP contribution is -2.23. The third-order valence-corrected chi connectivity index (χ3v) is 3.57. The molecule has 1 N–H and O–H groups in total. The van der Waals surface area contributed by atoms with Gasteiger partial charge in [0.2, 0.25) is 5.88 Å². The number of nitrogens with one attached hydrogen (secondary N) is 1. The topological polar surface area (TPSA) is 63.7 Å². The number of hydrogen-bond donors (Lipinski definition) is 1. The minimum absolute atomic E-state index is 0.196. The van der Waals surface area contributed by atoms with E-state index in [0.29, 0.717) is 13.2 Å². The van der Waals surface area contributed by atoms with Crippen LogP contribution < -0.4 is 14.8 Å². The van der Waals surface area contributed by atoms with Crippen molar-refractivity contribution in [2.24, 2.45) is 0 Å². The van der Waals surface area contributed by atoms with Crippen molar-refractivity contribution in [3.05, 3.63) is 53.7 Å². The molecular formula is C19H22F3N3O3. The maximum absolute atomic E-state index is 12.1. The SMILES string of the molecule is CN(C)CCOc1ccc(CNC(=O)c2ccc(OCC(F)(F)F)nc2)cc1. The fraction of sp³-hybridized carbons (Fsp3) is 0.368. The van der Waals surface area contributed by atoms with Gasteiger partial charge in [-0.1, -0.05) is 12.1 Å². The van der Waals surface area contributed by atoms with E-state index < -0.39 is 12.8 Å². The number of carbonyl (C=O) groups is 1. The number of benzene rings is 1. The molecule has 0 saturated carbocycles. The number of alkyl halides is 3. The van der Waals surface area contributed by atoms with E-state index in [-0.39, 0.29) is 17.4 Å². The monoisotopic (exact) mass is 397 g/mol. The molecule has 0 unspecified atom stereocenters. The third-order valence-electron chi connectivity index (χ3n) is 3.57. The maximum atomic E-state index is 12.1. The molecule has 28 heavy (non-hydrogen) atoms. The molecule has 2 aromatic rings. The molecule has 0 aliphatic rings. The highest BCUT2D eigenvalue weighted by atomic mass is 19.4. The van der Waals surface area contributed by atoms with E-state index in [2.05, 4.69) is 15.0 Å². The van der Waals surface area contributed by atoms with E-state index in [9.17, 15) is 18.0 Å². The van der Waals surface area contributed by atoms with Gasteiger partial charge in [0.05, 0.1) is 5.56 Å². The van der Waals surface area contributed by atoms with Crippen molar-refractivity contribution in [3.63, 3.8) is 0 Å². The molecule has 0 aliphatic heterocycles. The van der Waals surface area contributed by atoms with Crippen LogP contribution in [0.5, 0.6) is 11.6 Å². The van der Waals surface area contributed by atoms with Crippen LogP contribution in [0.1, 0.15) is 15.9 Å². The molecule has 1 amide bonds. The highest BCUT2D eigenvalue weighted by Gasteiger charge is 2.28. The van der Waals surface area contributed by atoms with Crippen LogP contribution in [-0.4, -0.2) is 55.8 Å². The Hall–Kier alpha value is -2.81. The second-order valence-corrected chi connectivity index (χ2v) is 6.27. The van der Waals surface area contributed by atoms with Gasteiger partial charge >= 0.3 is 6.18 Å². The lowest BCUT2D eigenvalue weighted by Gasteiger charge is -2.11. The molecular weight excluding hydrogens is 375 g/mol. The van der Waals surface area contributed by atoms with Gasteiger partial charge in [0, 0.05) is 25.4 Å². The molecule has 0 aliphatic carbocycles. The Balaban J connectivity index is 1.80. The first kappa shape index (κ1) is 21.5. The average molecular weight is 397 g/mol. The molecule has 0 spiro atoms. The van der Waals surface area contributed by atoms with Gasteiger partial charge in [-0.05, 0) is 37.9 Å². The van der Waals surface area contributed by atoms with Crippen LogP contribution in [0.4, 0.5) is 13.2 Å². The van der Waals surface area contributed by atoms with Crippen molar-refractivity contribution in [1.29, 1.82) is 0 Å². The number of carbonyl (C=O) groups excluding carboxylic acids is 1. The predicted octanol–water partition coefficient (Wildman–Crippen LogP) is 2.89. The van der Waals surface area contributed by atoms with Gasteiger partial charge in [0.25, 0.3) is 5.91 Å². The van der Waals surface area contributed by atoms with E-state index in [1.807, 2.05) is 43.3 Å². The van der Waals surface area contributed by atoms with Crippen LogP contribution in [-0.2, 0) is 6.54 Å². The van der Waals surface area contributed by atoms with Crippen LogP contribution in [0.25, 0.3) is 0 Å². The van der Waals surface area contributed by atoms with Crippen LogP contribution in [0.3, 0.4) is 0 Å². The summed E-state index contributed by atoms with van der Waals surface area (Å²) in [6.07, 6.45) is -3.27. The summed E-state index contributed by atoms with van der Waals surface area (Å²) in [7, 11) is 3.93. The Labute approximate surface area is 161 Å². The summed E-state index contributed by atoms with van der Waals surface area (Å²) in [5.41, 5.74) is 1.11. The number of hydrogen-bond acceptors (Lipinski definition) is 5. The van der Waals surface area contributed by atoms with Crippen molar-refractivity contribution >= 4 is 5.91 Å². The molecule has 1 heterocycles. The van der Waals surface area contributed by atoms with Gasteiger partial charge in [-0.25, -0.2) is 4.98 Å².